The predicted molar refractivity (Wildman–Crippen MR) is 97.3 cm³/mol. The molecule has 0 aliphatic rings. The second kappa shape index (κ2) is 13.8. The molecule has 0 heterocycles. The van der Waals surface area contributed by atoms with E-state index in [1.165, 1.54) is 6.42 Å². The summed E-state index contributed by atoms with van der Waals surface area (Å²) in [5.41, 5.74) is 0. The van der Waals surface area contributed by atoms with E-state index < -0.39 is 12.1 Å². The Balaban J connectivity index is 3.78. The van der Waals surface area contributed by atoms with E-state index in [-0.39, 0.29) is 12.4 Å². The minimum atomic E-state index is -0.945. The van der Waals surface area contributed by atoms with Crippen molar-refractivity contribution in [3.05, 3.63) is 0 Å². The highest BCUT2D eigenvalue weighted by molar-refractivity contribution is 5.71. The Hall–Kier alpha value is -1.43. The number of nitrogens with zero attached hydrogens (tertiary/aromatic N) is 1. The summed E-state index contributed by atoms with van der Waals surface area (Å²) in [6.07, 6.45) is 9.73. The van der Waals surface area contributed by atoms with Crippen molar-refractivity contribution in [2.45, 2.75) is 76.7 Å². The number of hydrogen-bond acceptors (Lipinski definition) is 4. The fraction of sp³-hybridized carbons (Fsp3) is 0.842. The van der Waals surface area contributed by atoms with Crippen LogP contribution in [0.15, 0.2) is 0 Å². The number of carbonyl (C=O) groups is 3. The first kappa shape index (κ1) is 23.6. The number of carbonyl (C=O) groups excluding carboxylic acids is 2. The van der Waals surface area contributed by atoms with Crippen LogP contribution >= 0.6 is 0 Å². The molecule has 0 aromatic rings. The van der Waals surface area contributed by atoms with Crippen molar-refractivity contribution in [3.8, 4) is 0 Å². The third-order valence-corrected chi connectivity index (χ3v) is 3.90. The summed E-state index contributed by atoms with van der Waals surface area (Å²) in [5.74, 6) is -1.24. The van der Waals surface area contributed by atoms with Crippen LogP contribution in [0.4, 0.5) is 0 Å². The van der Waals surface area contributed by atoms with Gasteiger partial charge in [-0.15, -0.1) is 0 Å². The number of carboxylic acid groups (broad SMARTS) is 1. The highest BCUT2D eigenvalue weighted by Gasteiger charge is 2.24. The van der Waals surface area contributed by atoms with Crippen LogP contribution in [0.25, 0.3) is 0 Å². The lowest BCUT2D eigenvalue weighted by Gasteiger charge is -2.28. The normalized spacial score (nSPS) is 12.6. The summed E-state index contributed by atoms with van der Waals surface area (Å²) in [6, 6.07) is 0. The van der Waals surface area contributed by atoms with E-state index >= 15 is 0 Å². The molecule has 0 aromatic heterocycles. The van der Waals surface area contributed by atoms with Gasteiger partial charge in [-0.25, -0.2) is 0 Å². The molecule has 0 rings (SSSR count). The molecule has 0 spiro atoms. The molecule has 6 heteroatoms. The van der Waals surface area contributed by atoms with Crippen LogP contribution in [0, 0.1) is 0 Å². The van der Waals surface area contributed by atoms with Gasteiger partial charge in [0, 0.05) is 12.8 Å². The standard InChI is InChI=1S/C19H35NO5/c1-20(2,3)16-17(15-18(22)23)25-19(24)13-11-9-7-5-4-6-8-10-12-14-21/h14,17H,4-13,15-16H2,1-3H3/p+1. The van der Waals surface area contributed by atoms with Gasteiger partial charge in [0.15, 0.2) is 6.10 Å². The third kappa shape index (κ3) is 17.2. The molecule has 0 amide bonds. The van der Waals surface area contributed by atoms with E-state index in [1.54, 1.807) is 0 Å². The molecule has 6 nitrogen and oxygen atoms in total. The van der Waals surface area contributed by atoms with Gasteiger partial charge < -0.3 is 19.1 Å². The Bertz CT molecular complexity index is 390. The number of carboxylic acids is 1. The number of esters is 1. The number of likely N-dealkylation sites (N-methyl/N-ethyl adjacent to an activating group) is 1. The molecule has 1 unspecified atom stereocenters. The number of unbranched alkanes of at least 4 members (excludes halogenated alkanes) is 8. The molecule has 1 atom stereocenters. The molecule has 1 N–H and O–H groups in total. The lowest BCUT2D eigenvalue weighted by Crippen LogP contribution is -2.43. The lowest BCUT2D eigenvalue weighted by atomic mass is 10.1. The van der Waals surface area contributed by atoms with Crippen LogP contribution < -0.4 is 0 Å². The van der Waals surface area contributed by atoms with Gasteiger partial charge >= 0.3 is 11.9 Å². The number of ether oxygens (including phenoxy) is 1. The molecule has 0 saturated carbocycles. The first-order valence-electron chi connectivity index (χ1n) is 9.40. The smallest absolute Gasteiger partial charge is 0.307 e. The van der Waals surface area contributed by atoms with Gasteiger partial charge in [0.2, 0.25) is 0 Å². The van der Waals surface area contributed by atoms with Gasteiger partial charge in [-0.05, 0) is 12.8 Å². The largest absolute Gasteiger partial charge is 0.481 e. The van der Waals surface area contributed by atoms with Gasteiger partial charge in [0.25, 0.3) is 0 Å². The molecular formula is C19H36NO5+. The average molecular weight is 358 g/mol. The zero-order valence-electron chi connectivity index (χ0n) is 16.2. The quantitative estimate of drug-likeness (QED) is 0.198. The van der Waals surface area contributed by atoms with E-state index in [1.807, 2.05) is 21.1 Å². The number of aldehydes is 1. The summed E-state index contributed by atoms with van der Waals surface area (Å²) >= 11 is 0. The Labute approximate surface area is 152 Å². The van der Waals surface area contributed by atoms with E-state index in [0.29, 0.717) is 23.9 Å². The molecule has 0 aliphatic heterocycles. The van der Waals surface area contributed by atoms with E-state index in [4.69, 9.17) is 9.84 Å². The number of hydrogen-bond donors (Lipinski definition) is 1. The zero-order chi connectivity index (χ0) is 19.1. The SMILES string of the molecule is C[N+](C)(C)CC(CC(=O)O)OC(=O)CCCCCCCCCCC=O. The van der Waals surface area contributed by atoms with Crippen molar-refractivity contribution in [1.29, 1.82) is 0 Å². The van der Waals surface area contributed by atoms with Crippen molar-refractivity contribution < 1.29 is 28.7 Å². The van der Waals surface area contributed by atoms with Crippen molar-refractivity contribution in [3.63, 3.8) is 0 Å². The van der Waals surface area contributed by atoms with Crippen LogP contribution in [-0.2, 0) is 19.1 Å². The summed E-state index contributed by atoms with van der Waals surface area (Å²) in [6.45, 7) is 0.488. The van der Waals surface area contributed by atoms with Crippen LogP contribution in [0.2, 0.25) is 0 Å². The molecule has 146 valence electrons. The maximum absolute atomic E-state index is 11.9. The van der Waals surface area contributed by atoms with Crippen molar-refractivity contribution in [2.24, 2.45) is 0 Å². The van der Waals surface area contributed by atoms with Gasteiger partial charge in [0.05, 0.1) is 27.6 Å². The van der Waals surface area contributed by atoms with Crippen molar-refractivity contribution in [2.75, 3.05) is 27.7 Å². The molecule has 0 bridgehead atoms. The van der Waals surface area contributed by atoms with Crippen LogP contribution in [0.5, 0.6) is 0 Å². The number of quaternary nitrogens is 1. The fourth-order valence-electron chi connectivity index (χ4n) is 2.75. The highest BCUT2D eigenvalue weighted by Crippen LogP contribution is 2.12. The topological polar surface area (TPSA) is 80.7 Å². The highest BCUT2D eigenvalue weighted by atomic mass is 16.5. The first-order valence-corrected chi connectivity index (χ1v) is 9.40. The van der Waals surface area contributed by atoms with Crippen molar-refractivity contribution >= 4 is 18.2 Å². The maximum Gasteiger partial charge on any atom is 0.307 e. The van der Waals surface area contributed by atoms with E-state index in [2.05, 4.69) is 0 Å². The monoisotopic (exact) mass is 358 g/mol. The summed E-state index contributed by atoms with van der Waals surface area (Å²) in [4.78, 5) is 33.0. The second-order valence-electron chi connectivity index (χ2n) is 7.72. The minimum Gasteiger partial charge on any atom is -0.481 e. The predicted octanol–water partition coefficient (Wildman–Crippen LogP) is 3.18. The average Bonchev–Trinajstić information content (AvgIpc) is 2.46. The molecule has 0 aromatic carbocycles. The molecule has 0 saturated heterocycles. The molecule has 25 heavy (non-hydrogen) atoms. The minimum absolute atomic E-state index is 0.147. The van der Waals surface area contributed by atoms with Gasteiger partial charge in [0.1, 0.15) is 12.8 Å². The van der Waals surface area contributed by atoms with Gasteiger partial charge in [-0.2, -0.15) is 0 Å². The maximum atomic E-state index is 11.9. The molecule has 0 fully saturated rings. The summed E-state index contributed by atoms with van der Waals surface area (Å²) in [5, 5.41) is 8.94. The number of aliphatic carboxylic acids is 1. The Kier molecular flexibility index (Phi) is 13.0. The van der Waals surface area contributed by atoms with Crippen LogP contribution in [0.1, 0.15) is 70.6 Å². The van der Waals surface area contributed by atoms with Crippen LogP contribution in [-0.4, -0.2) is 61.6 Å². The molecule has 0 aliphatic carbocycles. The first-order chi connectivity index (χ1) is 11.7. The number of rotatable bonds is 16. The molecular weight excluding hydrogens is 322 g/mol. The summed E-state index contributed by atoms with van der Waals surface area (Å²) < 4.78 is 5.91. The van der Waals surface area contributed by atoms with E-state index in [0.717, 1.165) is 51.2 Å². The van der Waals surface area contributed by atoms with E-state index in [9.17, 15) is 14.4 Å². The summed E-state index contributed by atoms with van der Waals surface area (Å²) in [7, 11) is 5.84. The zero-order valence-corrected chi connectivity index (χ0v) is 16.2. The second-order valence-corrected chi connectivity index (χ2v) is 7.72. The fourth-order valence-corrected chi connectivity index (χ4v) is 2.75. The van der Waals surface area contributed by atoms with Gasteiger partial charge in [-0.3, -0.25) is 9.59 Å². The lowest BCUT2D eigenvalue weighted by molar-refractivity contribution is -0.873. The Morgan fingerprint density at radius 3 is 1.96 bits per heavy atom. The van der Waals surface area contributed by atoms with Gasteiger partial charge in [-0.1, -0.05) is 38.5 Å². The van der Waals surface area contributed by atoms with Crippen molar-refractivity contribution in [1.82, 2.24) is 0 Å². The Morgan fingerprint density at radius 1 is 0.960 bits per heavy atom. The third-order valence-electron chi connectivity index (χ3n) is 3.90. The van der Waals surface area contributed by atoms with Crippen LogP contribution in [0.3, 0.4) is 0 Å². The Morgan fingerprint density at radius 2 is 1.48 bits per heavy atom. The molecule has 0 radical (unpaired) electrons.